The lowest BCUT2D eigenvalue weighted by atomic mass is 10.0. The molecule has 23 heavy (non-hydrogen) atoms. The predicted octanol–water partition coefficient (Wildman–Crippen LogP) is 3.66. The van der Waals surface area contributed by atoms with Crippen LogP contribution in [0.25, 0.3) is 5.57 Å². The van der Waals surface area contributed by atoms with Crippen LogP contribution < -0.4 is 5.32 Å². The number of rotatable bonds is 1. The molecule has 114 valence electrons. The lowest BCUT2D eigenvalue weighted by Crippen LogP contribution is -2.38. The van der Waals surface area contributed by atoms with Crippen molar-refractivity contribution in [1.82, 2.24) is 4.90 Å². The number of carbonyl (C=O) groups excluding carboxylic acids is 2. The molecule has 0 saturated heterocycles. The number of carbonyl (C=O) groups is 2. The number of nitrogens with zero attached hydrogens (tertiary/aromatic N) is 1. The average molecular weight is 369 g/mol. The molecule has 4 rings (SSSR count). The Morgan fingerprint density at radius 1 is 1.04 bits per heavy atom. The molecule has 2 aromatic carbocycles. The Morgan fingerprint density at radius 3 is 2.57 bits per heavy atom. The topological polar surface area (TPSA) is 49.4 Å². The second kappa shape index (κ2) is 5.35. The number of amides is 2. The normalized spacial score (nSPS) is 19.6. The summed E-state index contributed by atoms with van der Waals surface area (Å²) >= 11 is 3.41. The number of hydrogen-bond acceptors (Lipinski definition) is 2. The van der Waals surface area contributed by atoms with Crippen molar-refractivity contribution >= 4 is 39.0 Å². The van der Waals surface area contributed by atoms with E-state index in [1.165, 1.54) is 0 Å². The lowest BCUT2D eigenvalue weighted by Gasteiger charge is -2.18. The van der Waals surface area contributed by atoms with Crippen molar-refractivity contribution in [2.75, 3.05) is 5.32 Å². The summed E-state index contributed by atoms with van der Waals surface area (Å²) in [6, 6.07) is 14.5. The Kier molecular flexibility index (Phi) is 3.31. The maximum atomic E-state index is 12.8. The maximum Gasteiger partial charge on any atom is 0.260 e. The van der Waals surface area contributed by atoms with Gasteiger partial charge in [-0.2, -0.15) is 0 Å². The van der Waals surface area contributed by atoms with Gasteiger partial charge in [0.15, 0.2) is 0 Å². The van der Waals surface area contributed by atoms with E-state index >= 15 is 0 Å². The molecule has 2 aliphatic rings. The quantitative estimate of drug-likeness (QED) is 0.834. The van der Waals surface area contributed by atoms with Crippen LogP contribution in [0.15, 0.2) is 59.2 Å². The molecule has 0 fully saturated rings. The molecule has 1 N–H and O–H groups in total. The second-order valence-corrected chi connectivity index (χ2v) is 6.54. The van der Waals surface area contributed by atoms with Gasteiger partial charge in [-0.15, -0.1) is 0 Å². The van der Waals surface area contributed by atoms with Crippen LogP contribution in [0.3, 0.4) is 0 Å². The highest BCUT2D eigenvalue weighted by Crippen LogP contribution is 2.35. The van der Waals surface area contributed by atoms with Crippen LogP contribution in [0.5, 0.6) is 0 Å². The van der Waals surface area contributed by atoms with Crippen molar-refractivity contribution in [3.05, 3.63) is 70.3 Å². The van der Waals surface area contributed by atoms with Gasteiger partial charge < -0.3 is 10.2 Å². The SMILES string of the molecule is O=C1Nc2ccccc2C(=O)N2C=C(c3ccc(Br)cc3)C[C@@H]12. The Balaban J connectivity index is 1.75. The number of anilines is 1. The molecular weight excluding hydrogens is 356 g/mol. The minimum Gasteiger partial charge on any atom is -0.324 e. The van der Waals surface area contributed by atoms with Gasteiger partial charge in [-0.25, -0.2) is 0 Å². The Morgan fingerprint density at radius 2 is 1.78 bits per heavy atom. The molecule has 2 heterocycles. The lowest BCUT2D eigenvalue weighted by molar-refractivity contribution is -0.119. The third-order valence-electron chi connectivity index (χ3n) is 4.21. The zero-order chi connectivity index (χ0) is 16.0. The Hall–Kier alpha value is -2.40. The standard InChI is InChI=1S/C18H13BrN2O2/c19-13-7-5-11(6-8-13)12-9-16-17(22)20-15-4-2-1-3-14(15)18(23)21(16)10-12/h1-8,10,16H,9H2,(H,20,22)/t16-/m0/s1. The number of halogens is 1. The third kappa shape index (κ3) is 2.37. The van der Waals surface area contributed by atoms with Crippen LogP contribution in [0.2, 0.25) is 0 Å². The minimum atomic E-state index is -0.492. The summed E-state index contributed by atoms with van der Waals surface area (Å²) in [6.07, 6.45) is 2.32. The van der Waals surface area contributed by atoms with E-state index < -0.39 is 6.04 Å². The maximum absolute atomic E-state index is 12.8. The average Bonchev–Trinajstić information content (AvgIpc) is 2.97. The highest BCUT2D eigenvalue weighted by molar-refractivity contribution is 9.10. The largest absolute Gasteiger partial charge is 0.324 e. The van der Waals surface area contributed by atoms with E-state index in [0.29, 0.717) is 17.7 Å². The van der Waals surface area contributed by atoms with Gasteiger partial charge >= 0.3 is 0 Å². The molecule has 0 aliphatic carbocycles. The van der Waals surface area contributed by atoms with Gasteiger partial charge in [0.25, 0.3) is 5.91 Å². The molecule has 0 saturated carbocycles. The highest BCUT2D eigenvalue weighted by Gasteiger charge is 2.38. The van der Waals surface area contributed by atoms with E-state index in [0.717, 1.165) is 15.6 Å². The fraction of sp³-hybridized carbons (Fsp3) is 0.111. The Labute approximate surface area is 141 Å². The monoisotopic (exact) mass is 368 g/mol. The van der Waals surface area contributed by atoms with Crippen molar-refractivity contribution in [1.29, 1.82) is 0 Å². The van der Waals surface area contributed by atoms with Gasteiger partial charge in [0.2, 0.25) is 5.91 Å². The summed E-state index contributed by atoms with van der Waals surface area (Å²) in [5.41, 5.74) is 3.12. The fourth-order valence-corrected chi connectivity index (χ4v) is 3.29. The first-order valence-corrected chi connectivity index (χ1v) is 8.12. The molecule has 0 spiro atoms. The van der Waals surface area contributed by atoms with Gasteiger partial charge in [-0.3, -0.25) is 9.59 Å². The number of benzene rings is 2. The van der Waals surface area contributed by atoms with Gasteiger partial charge in [0.05, 0.1) is 11.3 Å². The molecule has 2 aromatic rings. The summed E-state index contributed by atoms with van der Waals surface area (Å²) in [5, 5.41) is 2.86. The van der Waals surface area contributed by atoms with E-state index in [9.17, 15) is 9.59 Å². The van der Waals surface area contributed by atoms with Crippen molar-refractivity contribution in [2.24, 2.45) is 0 Å². The first-order valence-electron chi connectivity index (χ1n) is 7.33. The summed E-state index contributed by atoms with van der Waals surface area (Å²) < 4.78 is 0.997. The molecule has 0 aromatic heterocycles. The number of nitrogens with one attached hydrogen (secondary N) is 1. The number of hydrogen-bond donors (Lipinski definition) is 1. The van der Waals surface area contributed by atoms with Crippen LogP contribution in [0.4, 0.5) is 5.69 Å². The third-order valence-corrected chi connectivity index (χ3v) is 4.74. The van der Waals surface area contributed by atoms with Crippen molar-refractivity contribution < 1.29 is 9.59 Å². The second-order valence-electron chi connectivity index (χ2n) is 5.63. The minimum absolute atomic E-state index is 0.143. The fourth-order valence-electron chi connectivity index (χ4n) is 3.03. The Bertz CT molecular complexity index is 842. The number of para-hydroxylation sites is 1. The molecule has 4 nitrogen and oxygen atoms in total. The highest BCUT2D eigenvalue weighted by atomic mass is 79.9. The first-order chi connectivity index (χ1) is 11.1. The van der Waals surface area contributed by atoms with E-state index in [4.69, 9.17) is 0 Å². The van der Waals surface area contributed by atoms with E-state index in [2.05, 4.69) is 21.2 Å². The molecule has 1 atom stereocenters. The molecule has 0 bridgehead atoms. The smallest absolute Gasteiger partial charge is 0.260 e. The van der Waals surface area contributed by atoms with E-state index in [-0.39, 0.29) is 11.8 Å². The summed E-state index contributed by atoms with van der Waals surface area (Å²) in [7, 11) is 0. The van der Waals surface area contributed by atoms with E-state index in [1.807, 2.05) is 30.3 Å². The van der Waals surface area contributed by atoms with Crippen LogP contribution >= 0.6 is 15.9 Å². The van der Waals surface area contributed by atoms with Crippen LogP contribution in [0.1, 0.15) is 22.3 Å². The van der Waals surface area contributed by atoms with Crippen LogP contribution in [-0.4, -0.2) is 22.8 Å². The van der Waals surface area contributed by atoms with Crippen LogP contribution in [-0.2, 0) is 4.79 Å². The first kappa shape index (κ1) is 14.2. The predicted molar refractivity (Wildman–Crippen MR) is 91.8 cm³/mol. The number of fused-ring (bicyclic) bond motifs is 2. The van der Waals surface area contributed by atoms with Crippen molar-refractivity contribution in [2.45, 2.75) is 12.5 Å². The van der Waals surface area contributed by atoms with Crippen LogP contribution in [0, 0.1) is 0 Å². The molecule has 5 heteroatoms. The molecule has 0 radical (unpaired) electrons. The zero-order valence-corrected chi connectivity index (χ0v) is 13.7. The van der Waals surface area contributed by atoms with Gasteiger partial charge in [-0.1, -0.05) is 40.2 Å². The summed E-state index contributed by atoms with van der Waals surface area (Å²) in [4.78, 5) is 26.8. The zero-order valence-electron chi connectivity index (χ0n) is 12.1. The molecular formula is C18H13BrN2O2. The summed E-state index contributed by atoms with van der Waals surface area (Å²) in [6.45, 7) is 0. The van der Waals surface area contributed by atoms with Gasteiger partial charge in [-0.05, 0) is 35.4 Å². The molecule has 0 unspecified atom stereocenters. The molecule has 2 amide bonds. The van der Waals surface area contributed by atoms with E-state index in [1.54, 1.807) is 29.3 Å². The van der Waals surface area contributed by atoms with Crippen molar-refractivity contribution in [3.63, 3.8) is 0 Å². The van der Waals surface area contributed by atoms with Gasteiger partial charge in [0, 0.05) is 17.1 Å². The van der Waals surface area contributed by atoms with Gasteiger partial charge in [0.1, 0.15) is 6.04 Å². The molecule has 2 aliphatic heterocycles. The summed E-state index contributed by atoms with van der Waals surface area (Å²) in [5.74, 6) is -0.289. The van der Waals surface area contributed by atoms with Crippen molar-refractivity contribution in [3.8, 4) is 0 Å².